The van der Waals surface area contributed by atoms with Gasteiger partial charge in [0.15, 0.2) is 11.9 Å². The van der Waals surface area contributed by atoms with Gasteiger partial charge in [-0.05, 0) is 30.5 Å². The average Bonchev–Trinajstić information content (AvgIpc) is 3.22. The second kappa shape index (κ2) is 9.37. The third kappa shape index (κ3) is 4.93. The van der Waals surface area contributed by atoms with E-state index in [0.29, 0.717) is 11.4 Å². The maximum Gasteiger partial charge on any atom is 0.254 e. The number of amides is 2. The highest BCUT2D eigenvalue weighted by Gasteiger charge is 2.23. The molecular formula is C23H26N4O3. The normalized spacial score (nSPS) is 13.9. The van der Waals surface area contributed by atoms with Crippen LogP contribution in [0.2, 0.25) is 0 Å². The number of anilines is 1. The minimum absolute atomic E-state index is 0.0856. The van der Waals surface area contributed by atoms with Crippen LogP contribution in [0.4, 0.5) is 5.82 Å². The predicted molar refractivity (Wildman–Crippen MR) is 115 cm³/mol. The molecule has 0 radical (unpaired) electrons. The SMILES string of the molecule is Cc1ccccc1C(C)c1cc(NC(=O)C(C)NC(=O)C(O)c2ccccc2)n[nH]1. The highest BCUT2D eigenvalue weighted by atomic mass is 16.3. The third-order valence-electron chi connectivity index (χ3n) is 5.09. The Morgan fingerprint density at radius 3 is 2.37 bits per heavy atom. The average molecular weight is 406 g/mol. The molecule has 3 atom stereocenters. The van der Waals surface area contributed by atoms with Crippen molar-refractivity contribution >= 4 is 17.6 Å². The Morgan fingerprint density at radius 2 is 1.67 bits per heavy atom. The summed E-state index contributed by atoms with van der Waals surface area (Å²) in [6, 6.07) is 17.6. The molecule has 1 aromatic heterocycles. The number of benzene rings is 2. The highest BCUT2D eigenvalue weighted by molar-refractivity contribution is 5.97. The van der Waals surface area contributed by atoms with Gasteiger partial charge in [-0.2, -0.15) is 5.10 Å². The smallest absolute Gasteiger partial charge is 0.254 e. The number of nitrogens with zero attached hydrogens (tertiary/aromatic N) is 1. The van der Waals surface area contributed by atoms with E-state index in [0.717, 1.165) is 5.69 Å². The molecule has 1 heterocycles. The molecule has 0 aliphatic heterocycles. The summed E-state index contributed by atoms with van der Waals surface area (Å²) in [5.41, 5.74) is 3.69. The first kappa shape index (κ1) is 21.3. The fourth-order valence-corrected chi connectivity index (χ4v) is 3.24. The number of hydrogen-bond donors (Lipinski definition) is 4. The van der Waals surface area contributed by atoms with E-state index in [1.807, 2.05) is 12.1 Å². The number of aromatic nitrogens is 2. The Bertz CT molecular complexity index is 1020. The van der Waals surface area contributed by atoms with E-state index < -0.39 is 24.0 Å². The van der Waals surface area contributed by atoms with Crippen LogP contribution in [0.1, 0.15) is 48.3 Å². The number of nitrogens with one attached hydrogen (secondary N) is 3. The van der Waals surface area contributed by atoms with Crippen molar-refractivity contribution in [1.82, 2.24) is 15.5 Å². The summed E-state index contributed by atoms with van der Waals surface area (Å²) in [5, 5.41) is 22.5. The van der Waals surface area contributed by atoms with E-state index in [1.54, 1.807) is 43.3 Å². The summed E-state index contributed by atoms with van der Waals surface area (Å²) in [4.78, 5) is 24.7. The molecule has 3 aromatic rings. The molecule has 2 aromatic carbocycles. The molecule has 0 aliphatic rings. The second-order valence-electron chi connectivity index (χ2n) is 7.32. The topological polar surface area (TPSA) is 107 Å². The summed E-state index contributed by atoms with van der Waals surface area (Å²) >= 11 is 0. The lowest BCUT2D eigenvalue weighted by atomic mass is 9.94. The van der Waals surface area contributed by atoms with Gasteiger partial charge in [0.25, 0.3) is 5.91 Å². The maximum atomic E-state index is 12.4. The molecule has 30 heavy (non-hydrogen) atoms. The maximum absolute atomic E-state index is 12.4. The molecule has 3 rings (SSSR count). The Kier molecular flexibility index (Phi) is 6.64. The van der Waals surface area contributed by atoms with Crippen molar-refractivity contribution in [3.8, 4) is 0 Å². The van der Waals surface area contributed by atoms with Gasteiger partial charge < -0.3 is 15.7 Å². The number of aliphatic hydroxyl groups is 1. The van der Waals surface area contributed by atoms with E-state index in [9.17, 15) is 14.7 Å². The minimum atomic E-state index is -1.34. The van der Waals surface area contributed by atoms with Crippen LogP contribution in [0.3, 0.4) is 0 Å². The van der Waals surface area contributed by atoms with Gasteiger partial charge in [0, 0.05) is 17.7 Å². The molecular weight excluding hydrogens is 380 g/mol. The zero-order chi connectivity index (χ0) is 21.7. The van der Waals surface area contributed by atoms with E-state index in [2.05, 4.69) is 46.8 Å². The Labute approximate surface area is 175 Å². The number of rotatable bonds is 7. The van der Waals surface area contributed by atoms with Gasteiger partial charge in [-0.3, -0.25) is 14.7 Å². The van der Waals surface area contributed by atoms with E-state index in [1.165, 1.54) is 11.1 Å². The van der Waals surface area contributed by atoms with Crippen molar-refractivity contribution in [3.63, 3.8) is 0 Å². The molecule has 7 heteroatoms. The van der Waals surface area contributed by atoms with Gasteiger partial charge in [-0.25, -0.2) is 0 Å². The van der Waals surface area contributed by atoms with Crippen LogP contribution < -0.4 is 10.6 Å². The molecule has 2 amide bonds. The van der Waals surface area contributed by atoms with Crippen LogP contribution in [-0.2, 0) is 9.59 Å². The van der Waals surface area contributed by atoms with Crippen LogP contribution in [0.5, 0.6) is 0 Å². The third-order valence-corrected chi connectivity index (χ3v) is 5.09. The fourth-order valence-electron chi connectivity index (χ4n) is 3.24. The number of carbonyl (C=O) groups is 2. The number of H-pyrrole nitrogens is 1. The van der Waals surface area contributed by atoms with Gasteiger partial charge in [-0.1, -0.05) is 61.5 Å². The second-order valence-corrected chi connectivity index (χ2v) is 7.32. The number of aromatic amines is 1. The van der Waals surface area contributed by atoms with Gasteiger partial charge in [0.2, 0.25) is 5.91 Å². The van der Waals surface area contributed by atoms with Crippen molar-refractivity contribution in [2.75, 3.05) is 5.32 Å². The minimum Gasteiger partial charge on any atom is -0.378 e. The van der Waals surface area contributed by atoms with E-state index in [-0.39, 0.29) is 5.92 Å². The zero-order valence-corrected chi connectivity index (χ0v) is 17.2. The largest absolute Gasteiger partial charge is 0.378 e. The molecule has 0 saturated heterocycles. The summed E-state index contributed by atoms with van der Waals surface area (Å²) in [6.07, 6.45) is -1.34. The van der Waals surface area contributed by atoms with Crippen molar-refractivity contribution < 1.29 is 14.7 Å². The predicted octanol–water partition coefficient (Wildman–Crippen LogP) is 3.05. The first-order chi connectivity index (χ1) is 14.4. The molecule has 156 valence electrons. The van der Waals surface area contributed by atoms with E-state index in [4.69, 9.17) is 0 Å². The lowest BCUT2D eigenvalue weighted by Crippen LogP contribution is -2.43. The molecule has 0 saturated carbocycles. The Balaban J connectivity index is 1.59. The number of aryl methyl sites for hydroxylation is 1. The number of carbonyl (C=O) groups excluding carboxylic acids is 2. The van der Waals surface area contributed by atoms with Gasteiger partial charge in [0.05, 0.1) is 0 Å². The molecule has 7 nitrogen and oxygen atoms in total. The van der Waals surface area contributed by atoms with Crippen LogP contribution >= 0.6 is 0 Å². The standard InChI is InChI=1S/C23H26N4O3/c1-14-9-7-8-12-18(14)15(2)19-13-20(27-26-19)25-22(29)16(3)24-23(30)21(28)17-10-5-4-6-11-17/h4-13,15-16,21,28H,1-3H3,(H,24,30)(H2,25,26,27,29). The van der Waals surface area contributed by atoms with Gasteiger partial charge in [-0.15, -0.1) is 0 Å². The molecule has 0 fully saturated rings. The quantitative estimate of drug-likeness (QED) is 0.484. The number of aliphatic hydroxyl groups excluding tert-OH is 1. The van der Waals surface area contributed by atoms with Crippen LogP contribution in [0.15, 0.2) is 60.7 Å². The first-order valence-corrected chi connectivity index (χ1v) is 9.82. The van der Waals surface area contributed by atoms with Crippen molar-refractivity contribution in [2.24, 2.45) is 0 Å². The molecule has 4 N–H and O–H groups in total. The molecule has 0 aliphatic carbocycles. The summed E-state index contributed by atoms with van der Waals surface area (Å²) in [5.74, 6) is -0.604. The molecule has 0 bridgehead atoms. The zero-order valence-electron chi connectivity index (χ0n) is 17.2. The first-order valence-electron chi connectivity index (χ1n) is 9.82. The molecule has 3 unspecified atom stereocenters. The van der Waals surface area contributed by atoms with Crippen LogP contribution in [-0.4, -0.2) is 33.2 Å². The monoisotopic (exact) mass is 406 g/mol. The molecule has 0 spiro atoms. The fraction of sp³-hybridized carbons (Fsp3) is 0.261. The summed E-state index contributed by atoms with van der Waals surface area (Å²) in [7, 11) is 0. The Hall–Kier alpha value is -3.45. The summed E-state index contributed by atoms with van der Waals surface area (Å²) < 4.78 is 0. The Morgan fingerprint density at radius 1 is 1.00 bits per heavy atom. The lowest BCUT2D eigenvalue weighted by molar-refractivity contribution is -0.132. The van der Waals surface area contributed by atoms with Gasteiger partial charge >= 0.3 is 0 Å². The van der Waals surface area contributed by atoms with E-state index >= 15 is 0 Å². The van der Waals surface area contributed by atoms with Crippen LogP contribution in [0, 0.1) is 6.92 Å². The van der Waals surface area contributed by atoms with Crippen molar-refractivity contribution in [2.45, 2.75) is 38.8 Å². The lowest BCUT2D eigenvalue weighted by Gasteiger charge is -2.16. The van der Waals surface area contributed by atoms with Crippen molar-refractivity contribution in [3.05, 3.63) is 83.0 Å². The number of hydrogen-bond acceptors (Lipinski definition) is 4. The van der Waals surface area contributed by atoms with Crippen molar-refractivity contribution in [1.29, 1.82) is 0 Å². The van der Waals surface area contributed by atoms with Gasteiger partial charge in [0.1, 0.15) is 6.04 Å². The summed E-state index contributed by atoms with van der Waals surface area (Å²) in [6.45, 7) is 5.67. The highest BCUT2D eigenvalue weighted by Crippen LogP contribution is 2.26. The van der Waals surface area contributed by atoms with Crippen LogP contribution in [0.25, 0.3) is 0 Å².